The third-order valence-corrected chi connectivity index (χ3v) is 3.52. The highest BCUT2D eigenvalue weighted by atomic mass is 32.1. The van der Waals surface area contributed by atoms with Gasteiger partial charge < -0.3 is 10.1 Å². The minimum Gasteiger partial charge on any atom is -0.491 e. The van der Waals surface area contributed by atoms with Gasteiger partial charge in [-0.15, -0.1) is 11.3 Å². The zero-order valence-electron chi connectivity index (χ0n) is 10.8. The Kier molecular flexibility index (Phi) is 5.15. The molecule has 1 heterocycles. The summed E-state index contributed by atoms with van der Waals surface area (Å²) in [4.78, 5) is 12.7. The van der Waals surface area contributed by atoms with E-state index < -0.39 is 0 Å². The third kappa shape index (κ3) is 4.11. The van der Waals surface area contributed by atoms with Crippen molar-refractivity contribution in [1.82, 2.24) is 0 Å². The second kappa shape index (κ2) is 7.31. The largest absolute Gasteiger partial charge is 0.491 e. The van der Waals surface area contributed by atoms with Gasteiger partial charge in [-0.3, -0.25) is 4.79 Å². The molecule has 1 aromatic carbocycles. The van der Waals surface area contributed by atoms with Gasteiger partial charge >= 0.3 is 0 Å². The Bertz CT molecular complexity index is 603. The first-order chi connectivity index (χ1) is 9.79. The van der Waals surface area contributed by atoms with Gasteiger partial charge in [0.2, 0.25) is 5.91 Å². The molecule has 0 aliphatic carbocycles. The van der Waals surface area contributed by atoms with Gasteiger partial charge in [-0.1, -0.05) is 18.2 Å². The predicted molar refractivity (Wildman–Crippen MR) is 78.8 cm³/mol. The molecule has 1 aromatic heterocycles. The molecule has 0 atom stereocenters. The number of hydrogen-bond donors (Lipinski definition) is 1. The first kappa shape index (κ1) is 14.1. The summed E-state index contributed by atoms with van der Waals surface area (Å²) in [5, 5.41) is 13.2. The number of anilines is 1. The van der Waals surface area contributed by atoms with Crippen molar-refractivity contribution in [3.8, 4) is 11.8 Å². The second-order valence-corrected chi connectivity index (χ2v) is 5.09. The highest BCUT2D eigenvalue weighted by molar-refractivity contribution is 7.09. The van der Waals surface area contributed by atoms with Crippen LogP contribution in [0.25, 0.3) is 0 Å². The number of amides is 1. The van der Waals surface area contributed by atoms with E-state index in [1.165, 1.54) is 4.88 Å². The number of carbonyl (C=O) groups excluding carboxylic acids is 1. The van der Waals surface area contributed by atoms with Gasteiger partial charge in [0.25, 0.3) is 0 Å². The van der Waals surface area contributed by atoms with Crippen molar-refractivity contribution in [2.45, 2.75) is 12.8 Å². The summed E-state index contributed by atoms with van der Waals surface area (Å²) in [6, 6.07) is 13.1. The lowest BCUT2D eigenvalue weighted by Gasteiger charge is -2.11. The Labute approximate surface area is 121 Å². The number of nitriles is 1. The zero-order chi connectivity index (χ0) is 14.2. The van der Waals surface area contributed by atoms with Crippen molar-refractivity contribution in [3.63, 3.8) is 0 Å². The molecule has 5 heteroatoms. The van der Waals surface area contributed by atoms with Crippen LogP contribution in [-0.4, -0.2) is 12.5 Å². The summed E-state index contributed by atoms with van der Waals surface area (Å²) in [6.07, 6.45) is 0.668. The zero-order valence-corrected chi connectivity index (χ0v) is 11.7. The minimum atomic E-state index is -0.332. The maximum absolute atomic E-state index is 11.4. The highest BCUT2D eigenvalue weighted by Crippen LogP contribution is 2.24. The van der Waals surface area contributed by atoms with Gasteiger partial charge in [0.05, 0.1) is 18.4 Å². The van der Waals surface area contributed by atoms with Crippen LogP contribution in [0.15, 0.2) is 41.8 Å². The molecular weight excluding hydrogens is 272 g/mol. The van der Waals surface area contributed by atoms with Gasteiger partial charge in [-0.25, -0.2) is 0 Å². The normalized spacial score (nSPS) is 9.75. The number of rotatable bonds is 6. The molecule has 0 spiro atoms. The lowest BCUT2D eigenvalue weighted by molar-refractivity contribution is -0.115. The van der Waals surface area contributed by atoms with E-state index in [9.17, 15) is 4.79 Å². The molecular formula is C15H14N2O2S. The number of carbonyl (C=O) groups is 1. The van der Waals surface area contributed by atoms with Crippen LogP contribution in [0.5, 0.6) is 5.75 Å². The van der Waals surface area contributed by atoms with Crippen LogP contribution in [0.3, 0.4) is 0 Å². The fourth-order valence-corrected chi connectivity index (χ4v) is 2.37. The van der Waals surface area contributed by atoms with E-state index in [4.69, 9.17) is 10.00 Å². The molecule has 1 amide bonds. The maximum atomic E-state index is 11.4. The number of nitrogens with one attached hydrogen (secondary N) is 1. The first-order valence-corrected chi connectivity index (χ1v) is 7.08. The number of nitrogens with zero attached hydrogens (tertiary/aromatic N) is 1. The molecule has 0 saturated carbocycles. The first-order valence-electron chi connectivity index (χ1n) is 6.20. The van der Waals surface area contributed by atoms with Gasteiger partial charge in [-0.2, -0.15) is 5.26 Å². The fraction of sp³-hybridized carbons (Fsp3) is 0.200. The van der Waals surface area contributed by atoms with Gasteiger partial charge in [0.15, 0.2) is 0 Å². The van der Waals surface area contributed by atoms with Crippen LogP contribution in [0.2, 0.25) is 0 Å². The number of hydrogen-bond acceptors (Lipinski definition) is 4. The average Bonchev–Trinajstić information content (AvgIpc) is 2.94. The van der Waals surface area contributed by atoms with Crippen molar-refractivity contribution in [2.24, 2.45) is 0 Å². The maximum Gasteiger partial charge on any atom is 0.238 e. The van der Waals surface area contributed by atoms with Gasteiger partial charge in [0, 0.05) is 11.3 Å². The predicted octanol–water partition coefficient (Wildman–Crippen LogP) is 3.22. The van der Waals surface area contributed by atoms with E-state index in [-0.39, 0.29) is 12.3 Å². The van der Waals surface area contributed by atoms with Gasteiger partial charge in [0.1, 0.15) is 12.2 Å². The van der Waals surface area contributed by atoms with E-state index in [1.807, 2.05) is 29.6 Å². The summed E-state index contributed by atoms with van der Waals surface area (Å²) < 4.78 is 5.70. The van der Waals surface area contributed by atoms with Crippen molar-refractivity contribution in [1.29, 1.82) is 5.26 Å². The molecule has 0 unspecified atom stereocenters. The average molecular weight is 286 g/mol. The minimum absolute atomic E-state index is 0.163. The monoisotopic (exact) mass is 286 g/mol. The quantitative estimate of drug-likeness (QED) is 0.886. The van der Waals surface area contributed by atoms with Crippen LogP contribution >= 0.6 is 11.3 Å². The molecule has 0 radical (unpaired) electrons. The summed E-state index contributed by atoms with van der Waals surface area (Å²) in [7, 11) is 0. The number of benzene rings is 1. The lowest BCUT2D eigenvalue weighted by atomic mass is 10.2. The van der Waals surface area contributed by atoms with Crippen LogP contribution in [0, 0.1) is 11.3 Å². The van der Waals surface area contributed by atoms with Crippen molar-refractivity contribution in [2.75, 3.05) is 11.9 Å². The third-order valence-electron chi connectivity index (χ3n) is 2.59. The summed E-state index contributed by atoms with van der Waals surface area (Å²) in [5.74, 6) is 0.289. The van der Waals surface area contributed by atoms with Crippen LogP contribution in [0.4, 0.5) is 5.69 Å². The van der Waals surface area contributed by atoms with Gasteiger partial charge in [-0.05, 0) is 23.6 Å². The fourth-order valence-electron chi connectivity index (χ4n) is 1.68. The molecule has 20 heavy (non-hydrogen) atoms. The number of para-hydroxylation sites is 2. The molecule has 1 N–H and O–H groups in total. The smallest absolute Gasteiger partial charge is 0.238 e. The standard InChI is InChI=1S/C15H14N2O2S/c16-9-7-15(18)17-13-5-1-2-6-14(13)19-10-8-12-4-3-11-20-12/h1-6,11H,7-8,10H2,(H,17,18). The molecule has 102 valence electrons. The molecule has 4 nitrogen and oxygen atoms in total. The molecule has 0 bridgehead atoms. The van der Waals surface area contributed by atoms with Crippen LogP contribution < -0.4 is 10.1 Å². The van der Waals surface area contributed by atoms with Crippen LogP contribution in [-0.2, 0) is 11.2 Å². The molecule has 2 aromatic rings. The topological polar surface area (TPSA) is 62.1 Å². The Morgan fingerprint density at radius 3 is 2.90 bits per heavy atom. The lowest BCUT2D eigenvalue weighted by Crippen LogP contribution is -2.12. The summed E-state index contributed by atoms with van der Waals surface area (Å²) in [6.45, 7) is 0.547. The SMILES string of the molecule is N#CCC(=O)Nc1ccccc1OCCc1cccs1. The van der Waals surface area contributed by atoms with E-state index in [1.54, 1.807) is 23.5 Å². The Morgan fingerprint density at radius 2 is 2.15 bits per heavy atom. The number of ether oxygens (including phenoxy) is 1. The van der Waals surface area contributed by atoms with Crippen molar-refractivity contribution in [3.05, 3.63) is 46.7 Å². The molecule has 0 aliphatic heterocycles. The molecule has 0 saturated heterocycles. The summed E-state index contributed by atoms with van der Waals surface area (Å²) >= 11 is 1.69. The second-order valence-electron chi connectivity index (χ2n) is 4.06. The highest BCUT2D eigenvalue weighted by Gasteiger charge is 2.07. The van der Waals surface area contributed by atoms with E-state index in [0.29, 0.717) is 18.0 Å². The van der Waals surface area contributed by atoms with Crippen molar-refractivity contribution >= 4 is 22.9 Å². The Balaban J connectivity index is 1.93. The van der Waals surface area contributed by atoms with E-state index in [2.05, 4.69) is 11.4 Å². The molecule has 2 rings (SSSR count). The Hall–Kier alpha value is -2.32. The van der Waals surface area contributed by atoms with Crippen molar-refractivity contribution < 1.29 is 9.53 Å². The van der Waals surface area contributed by atoms with E-state index >= 15 is 0 Å². The molecule has 0 fully saturated rings. The number of thiophene rings is 1. The van der Waals surface area contributed by atoms with Crippen LogP contribution in [0.1, 0.15) is 11.3 Å². The summed E-state index contributed by atoms with van der Waals surface area (Å²) in [5.41, 5.74) is 0.596. The van der Waals surface area contributed by atoms with E-state index in [0.717, 1.165) is 6.42 Å². The molecule has 0 aliphatic rings. The Morgan fingerprint density at radius 1 is 1.30 bits per heavy atom.